The van der Waals surface area contributed by atoms with Gasteiger partial charge >= 0.3 is 0 Å². The van der Waals surface area contributed by atoms with Gasteiger partial charge in [-0.15, -0.1) is 0 Å². The Morgan fingerprint density at radius 2 is 2.30 bits per heavy atom. The number of aryl methyl sites for hydroxylation is 1. The summed E-state index contributed by atoms with van der Waals surface area (Å²) < 4.78 is 34.3. The van der Waals surface area contributed by atoms with Gasteiger partial charge in [-0.2, -0.15) is 0 Å². The second kappa shape index (κ2) is 6.04. The van der Waals surface area contributed by atoms with Gasteiger partial charge in [-0.05, 0) is 24.6 Å². The van der Waals surface area contributed by atoms with Crippen LogP contribution in [-0.4, -0.2) is 45.6 Å². The molecule has 2 aromatic rings. The molecular weight excluding hydrogens is 306 g/mol. The van der Waals surface area contributed by atoms with Crippen molar-refractivity contribution in [3.05, 3.63) is 42.1 Å². The lowest BCUT2D eigenvalue weighted by atomic mass is 10.1. The molecule has 0 radical (unpaired) electrons. The van der Waals surface area contributed by atoms with Gasteiger partial charge in [0, 0.05) is 18.8 Å². The van der Waals surface area contributed by atoms with Gasteiger partial charge < -0.3 is 10.1 Å². The molecule has 1 unspecified atom stereocenters. The minimum absolute atomic E-state index is 0.00710. The zero-order valence-electron chi connectivity index (χ0n) is 12.5. The number of nitrogens with one attached hydrogen (secondary N) is 1. The number of carbonyl (C=O) groups is 1. The van der Waals surface area contributed by atoms with E-state index in [0.29, 0.717) is 5.82 Å². The second-order valence-corrected chi connectivity index (χ2v) is 5.47. The average molecular weight is 322 g/mol. The first-order valence-corrected chi connectivity index (χ1v) is 7.19. The third-order valence-electron chi connectivity index (χ3n) is 3.64. The minimum atomic E-state index is -2.98. The van der Waals surface area contributed by atoms with E-state index in [4.69, 9.17) is 4.74 Å². The molecule has 1 aliphatic heterocycles. The number of hydrogen-bond donors (Lipinski definition) is 1. The van der Waals surface area contributed by atoms with E-state index in [2.05, 4.69) is 15.3 Å². The Labute approximate surface area is 131 Å². The standard InChI is InChI=1S/C15H16F2N4O2/c1-10-6-11(19-13(7-10)21-4-3-18-9-21)14(22)20-12-8-23-5-2-15(12,16)17/h3-4,6-7,9,12H,2,5,8H2,1H3,(H,20,22). The highest BCUT2D eigenvalue weighted by Gasteiger charge is 2.43. The zero-order chi connectivity index (χ0) is 16.4. The van der Waals surface area contributed by atoms with Crippen LogP contribution in [0.25, 0.3) is 5.82 Å². The Balaban J connectivity index is 1.82. The van der Waals surface area contributed by atoms with Crippen molar-refractivity contribution >= 4 is 5.91 Å². The van der Waals surface area contributed by atoms with Crippen molar-refractivity contribution in [2.75, 3.05) is 13.2 Å². The summed E-state index contributed by atoms with van der Waals surface area (Å²) in [5.41, 5.74) is 0.871. The first kappa shape index (κ1) is 15.5. The molecule has 0 bridgehead atoms. The molecule has 6 nitrogen and oxygen atoms in total. The number of amides is 1. The van der Waals surface area contributed by atoms with Crippen molar-refractivity contribution in [3.8, 4) is 5.82 Å². The molecule has 0 saturated carbocycles. The normalized spacial score (nSPS) is 20.2. The summed E-state index contributed by atoms with van der Waals surface area (Å²) in [7, 11) is 0. The maximum absolute atomic E-state index is 13.8. The van der Waals surface area contributed by atoms with E-state index in [9.17, 15) is 13.6 Å². The summed E-state index contributed by atoms with van der Waals surface area (Å²) in [6, 6.07) is 1.98. The van der Waals surface area contributed by atoms with Crippen molar-refractivity contribution in [1.29, 1.82) is 0 Å². The summed E-state index contributed by atoms with van der Waals surface area (Å²) >= 11 is 0. The van der Waals surface area contributed by atoms with E-state index in [1.54, 1.807) is 42.3 Å². The Hall–Kier alpha value is -2.35. The summed E-state index contributed by atoms with van der Waals surface area (Å²) in [5, 5.41) is 2.32. The van der Waals surface area contributed by atoms with Gasteiger partial charge in [-0.3, -0.25) is 9.36 Å². The molecule has 1 amide bonds. The number of halogens is 2. The highest BCUT2D eigenvalue weighted by Crippen LogP contribution is 2.27. The molecule has 1 fully saturated rings. The molecule has 23 heavy (non-hydrogen) atoms. The van der Waals surface area contributed by atoms with Gasteiger partial charge in [0.2, 0.25) is 0 Å². The predicted octanol–water partition coefficient (Wildman–Crippen LogP) is 1.73. The van der Waals surface area contributed by atoms with E-state index in [-0.39, 0.29) is 18.9 Å². The highest BCUT2D eigenvalue weighted by atomic mass is 19.3. The van der Waals surface area contributed by atoms with Crippen LogP contribution in [0.3, 0.4) is 0 Å². The topological polar surface area (TPSA) is 69.0 Å². The van der Waals surface area contributed by atoms with Crippen molar-refractivity contribution in [2.45, 2.75) is 25.3 Å². The van der Waals surface area contributed by atoms with Crippen LogP contribution < -0.4 is 5.32 Å². The van der Waals surface area contributed by atoms with Crippen molar-refractivity contribution < 1.29 is 18.3 Å². The van der Waals surface area contributed by atoms with E-state index < -0.39 is 24.3 Å². The van der Waals surface area contributed by atoms with Crippen LogP contribution in [0.5, 0.6) is 0 Å². The molecule has 1 aliphatic rings. The first-order valence-electron chi connectivity index (χ1n) is 7.19. The number of hydrogen-bond acceptors (Lipinski definition) is 4. The van der Waals surface area contributed by atoms with Gasteiger partial charge in [0.05, 0.1) is 13.2 Å². The molecule has 2 aromatic heterocycles. The third kappa shape index (κ3) is 3.37. The number of pyridine rings is 1. The molecule has 1 N–H and O–H groups in total. The van der Waals surface area contributed by atoms with Gasteiger partial charge in [-0.1, -0.05) is 0 Å². The lowest BCUT2D eigenvalue weighted by Gasteiger charge is -2.31. The van der Waals surface area contributed by atoms with Gasteiger partial charge in [-0.25, -0.2) is 18.7 Å². The quantitative estimate of drug-likeness (QED) is 0.934. The molecule has 0 aromatic carbocycles. The predicted molar refractivity (Wildman–Crippen MR) is 77.7 cm³/mol. The average Bonchev–Trinajstić information content (AvgIpc) is 3.03. The molecule has 0 aliphatic carbocycles. The van der Waals surface area contributed by atoms with Crippen LogP contribution in [0, 0.1) is 6.92 Å². The van der Waals surface area contributed by atoms with E-state index in [0.717, 1.165) is 5.56 Å². The molecule has 0 spiro atoms. The minimum Gasteiger partial charge on any atom is -0.379 e. The summed E-state index contributed by atoms with van der Waals surface area (Å²) in [5.74, 6) is -3.13. The largest absolute Gasteiger partial charge is 0.379 e. The SMILES string of the molecule is Cc1cc(C(=O)NC2COCCC2(F)F)nc(-n2ccnc2)c1. The van der Waals surface area contributed by atoms with Gasteiger partial charge in [0.25, 0.3) is 11.8 Å². The number of rotatable bonds is 3. The monoisotopic (exact) mass is 322 g/mol. The molecule has 3 rings (SSSR count). The van der Waals surface area contributed by atoms with Crippen LogP contribution in [0.1, 0.15) is 22.5 Å². The zero-order valence-corrected chi connectivity index (χ0v) is 12.5. The highest BCUT2D eigenvalue weighted by molar-refractivity contribution is 5.93. The van der Waals surface area contributed by atoms with Gasteiger partial charge in [0.15, 0.2) is 0 Å². The number of alkyl halides is 2. The molecule has 1 atom stereocenters. The summed E-state index contributed by atoms with van der Waals surface area (Å²) in [6.45, 7) is 1.59. The maximum atomic E-state index is 13.8. The first-order chi connectivity index (χ1) is 11.0. The molecular formula is C15H16F2N4O2. The number of imidazole rings is 1. The summed E-state index contributed by atoms with van der Waals surface area (Å²) in [4.78, 5) is 20.4. The van der Waals surface area contributed by atoms with Gasteiger partial charge in [0.1, 0.15) is 23.9 Å². The van der Waals surface area contributed by atoms with Crippen LogP contribution in [0.4, 0.5) is 8.78 Å². The smallest absolute Gasteiger partial charge is 0.272 e. The van der Waals surface area contributed by atoms with Crippen molar-refractivity contribution in [3.63, 3.8) is 0 Å². The Bertz CT molecular complexity index is 704. The van der Waals surface area contributed by atoms with E-state index in [1.807, 2.05) is 0 Å². The number of nitrogens with zero attached hydrogens (tertiary/aromatic N) is 3. The third-order valence-corrected chi connectivity index (χ3v) is 3.64. The van der Waals surface area contributed by atoms with Crippen LogP contribution in [-0.2, 0) is 4.74 Å². The van der Waals surface area contributed by atoms with Crippen molar-refractivity contribution in [2.24, 2.45) is 0 Å². The molecule has 122 valence electrons. The Morgan fingerprint density at radius 1 is 1.48 bits per heavy atom. The fourth-order valence-corrected chi connectivity index (χ4v) is 2.38. The van der Waals surface area contributed by atoms with Crippen molar-refractivity contribution in [1.82, 2.24) is 19.9 Å². The molecule has 8 heteroatoms. The lowest BCUT2D eigenvalue weighted by molar-refractivity contribution is -0.116. The van der Waals surface area contributed by atoms with E-state index >= 15 is 0 Å². The number of carbonyl (C=O) groups excluding carboxylic acids is 1. The molecule has 3 heterocycles. The Kier molecular flexibility index (Phi) is 4.08. The lowest BCUT2D eigenvalue weighted by Crippen LogP contribution is -2.53. The maximum Gasteiger partial charge on any atom is 0.272 e. The van der Waals surface area contributed by atoms with Crippen LogP contribution >= 0.6 is 0 Å². The number of ether oxygens (including phenoxy) is 1. The summed E-state index contributed by atoms with van der Waals surface area (Å²) in [6.07, 6.45) is 4.42. The fraction of sp³-hybridized carbons (Fsp3) is 0.400. The van der Waals surface area contributed by atoms with Crippen LogP contribution in [0.2, 0.25) is 0 Å². The second-order valence-electron chi connectivity index (χ2n) is 5.47. The number of aromatic nitrogens is 3. The van der Waals surface area contributed by atoms with E-state index in [1.165, 1.54) is 0 Å². The fourth-order valence-electron chi connectivity index (χ4n) is 2.38. The Morgan fingerprint density at radius 3 is 3.00 bits per heavy atom. The molecule has 1 saturated heterocycles. The van der Waals surface area contributed by atoms with Crippen LogP contribution in [0.15, 0.2) is 30.9 Å².